The molecule has 0 aliphatic carbocycles. The number of aromatic nitrogens is 3. The minimum atomic E-state index is -0.186. The largest absolute Gasteiger partial charge is 0.509 e. The quantitative estimate of drug-likeness (QED) is 0.156. The predicted molar refractivity (Wildman–Crippen MR) is 361 cm³/mol. The third-order valence-corrected chi connectivity index (χ3v) is 17.4. The number of rotatable bonds is 6. The zero-order valence-electron chi connectivity index (χ0n) is 52.5. The molecular weight excluding hydrogens is 1230 g/mol. The third kappa shape index (κ3) is 10.4. The molecule has 0 radical (unpaired) electrons. The number of hydrogen-bond acceptors (Lipinski definition) is 3. The van der Waals surface area contributed by atoms with Gasteiger partial charge in [-0.1, -0.05) is 236 Å². The molecule has 0 N–H and O–H groups in total. The zero-order chi connectivity index (χ0) is 59.7. The molecule has 1 aliphatic heterocycles. The first-order valence-electron chi connectivity index (χ1n) is 30.2. The number of hydrogen-bond donors (Lipinski definition) is 0. The molecule has 13 rings (SSSR count). The summed E-state index contributed by atoms with van der Waals surface area (Å²) in [5.41, 5.74) is 16.9. The van der Waals surface area contributed by atoms with Crippen LogP contribution < -0.4 is 9.64 Å². The maximum atomic E-state index is 6.89. The molecule has 1 aliphatic rings. The summed E-state index contributed by atoms with van der Waals surface area (Å²) in [6, 6.07) is 75.1. The van der Waals surface area contributed by atoms with Gasteiger partial charge in [0.2, 0.25) is 0 Å². The van der Waals surface area contributed by atoms with Crippen molar-refractivity contribution in [3.63, 3.8) is 0 Å². The predicted octanol–water partition coefficient (Wildman–Crippen LogP) is 22.0. The van der Waals surface area contributed by atoms with Gasteiger partial charge in [-0.2, -0.15) is 12.1 Å². The average molecular weight is 1310 g/mol. The van der Waals surface area contributed by atoms with Crippen molar-refractivity contribution in [2.24, 2.45) is 0 Å². The van der Waals surface area contributed by atoms with Gasteiger partial charge in [-0.15, -0.1) is 35.7 Å². The van der Waals surface area contributed by atoms with Gasteiger partial charge in [0.25, 0.3) is 0 Å². The summed E-state index contributed by atoms with van der Waals surface area (Å²) in [6.45, 7) is 37.1. The first-order valence-corrected chi connectivity index (χ1v) is 30.2. The molecule has 0 saturated heterocycles. The van der Waals surface area contributed by atoms with Gasteiger partial charge in [-0.25, -0.2) is 4.98 Å². The van der Waals surface area contributed by atoms with Crippen LogP contribution in [0.3, 0.4) is 0 Å². The molecule has 0 fully saturated rings. The van der Waals surface area contributed by atoms with E-state index in [0.717, 1.165) is 55.4 Å². The van der Waals surface area contributed by atoms with Crippen LogP contribution in [-0.4, -0.2) is 14.1 Å². The van der Waals surface area contributed by atoms with Gasteiger partial charge in [-0.05, 0) is 163 Å². The number of fused-ring (bicyclic) bond motifs is 10. The Labute approximate surface area is 523 Å². The van der Waals surface area contributed by atoms with Gasteiger partial charge in [0.15, 0.2) is 0 Å². The fourth-order valence-corrected chi connectivity index (χ4v) is 12.4. The SMILES string of the molecule is CC(C)(C)c1cc(-c2cc(C(C)(C)C)cc(C(C)(C)C)c2)cc(-c2cc(C(C)(C)C)cc3c4ccccc4c4ccccc4c4cccc5c4n(c23)[CH-]N5c2[c-]c(Oc3[c-]c4c(cc3)c3ccccc3n4-c3cc(C(C)(C)C)ccn3)ccc2)c1.[Pt]. The Morgan fingerprint density at radius 1 is 0.395 bits per heavy atom. The summed E-state index contributed by atoms with van der Waals surface area (Å²) in [4.78, 5) is 7.23. The van der Waals surface area contributed by atoms with Crippen molar-refractivity contribution in [1.29, 1.82) is 0 Å². The van der Waals surface area contributed by atoms with E-state index in [1.54, 1.807) is 0 Å². The van der Waals surface area contributed by atoms with Crippen molar-refractivity contribution in [2.45, 2.75) is 131 Å². The summed E-state index contributed by atoms with van der Waals surface area (Å²) in [6.07, 6.45) is 1.91. The molecule has 0 saturated carbocycles. The minimum Gasteiger partial charge on any atom is -0.509 e. The van der Waals surface area contributed by atoms with E-state index in [2.05, 4.69) is 307 Å². The Hall–Kier alpha value is -8.11. The van der Waals surface area contributed by atoms with Gasteiger partial charge in [0.05, 0.1) is 0 Å². The van der Waals surface area contributed by atoms with Gasteiger partial charge >= 0.3 is 0 Å². The van der Waals surface area contributed by atoms with E-state index >= 15 is 0 Å². The molecule has 436 valence electrons. The van der Waals surface area contributed by atoms with E-state index in [1.807, 2.05) is 18.3 Å². The number of ether oxygens (including phenoxy) is 1. The maximum Gasteiger partial charge on any atom is 0.135 e. The second-order valence-corrected chi connectivity index (χ2v) is 28.7. The summed E-state index contributed by atoms with van der Waals surface area (Å²) >= 11 is 0. The second-order valence-electron chi connectivity index (χ2n) is 28.7. The Morgan fingerprint density at radius 2 is 0.907 bits per heavy atom. The van der Waals surface area contributed by atoms with Gasteiger partial charge in [0, 0.05) is 50.0 Å². The van der Waals surface area contributed by atoms with Gasteiger partial charge in [0.1, 0.15) is 5.82 Å². The summed E-state index contributed by atoms with van der Waals surface area (Å²) in [5, 5.41) is 9.29. The Kier molecular flexibility index (Phi) is 14.3. The van der Waals surface area contributed by atoms with Crippen molar-refractivity contribution >= 4 is 76.5 Å². The van der Waals surface area contributed by atoms with Crippen LogP contribution in [0.5, 0.6) is 11.5 Å². The average Bonchev–Trinajstić information content (AvgIpc) is 3.04. The Morgan fingerprint density at radius 3 is 1.53 bits per heavy atom. The summed E-state index contributed by atoms with van der Waals surface area (Å²) in [5.74, 6) is 2.02. The van der Waals surface area contributed by atoms with Crippen LogP contribution in [0.4, 0.5) is 11.4 Å². The smallest absolute Gasteiger partial charge is 0.135 e. The molecule has 9 aromatic carbocycles. The molecule has 0 atom stereocenters. The number of nitrogens with zero attached hydrogens (tertiary/aromatic N) is 4. The molecule has 0 amide bonds. The van der Waals surface area contributed by atoms with E-state index in [4.69, 9.17) is 9.72 Å². The first-order chi connectivity index (χ1) is 40.3. The first kappa shape index (κ1) is 58.3. The molecule has 4 heterocycles. The van der Waals surface area contributed by atoms with Crippen LogP contribution in [0.25, 0.3) is 93.2 Å². The van der Waals surface area contributed by atoms with Crippen LogP contribution in [0.15, 0.2) is 188 Å². The van der Waals surface area contributed by atoms with E-state index in [0.29, 0.717) is 11.5 Å². The summed E-state index contributed by atoms with van der Waals surface area (Å²) < 4.78 is 11.6. The fourth-order valence-electron chi connectivity index (χ4n) is 12.4. The number of benzene rings is 9. The number of para-hydroxylation sites is 2. The van der Waals surface area contributed by atoms with Crippen molar-refractivity contribution in [1.82, 2.24) is 14.1 Å². The maximum absolute atomic E-state index is 6.89. The topological polar surface area (TPSA) is 35.2 Å². The van der Waals surface area contributed by atoms with Crippen LogP contribution >= 0.6 is 0 Å². The molecule has 0 bridgehead atoms. The number of pyridine rings is 1. The van der Waals surface area contributed by atoms with E-state index in [-0.39, 0.29) is 48.1 Å². The van der Waals surface area contributed by atoms with Crippen molar-refractivity contribution in [2.75, 3.05) is 4.90 Å². The van der Waals surface area contributed by atoms with Gasteiger partial charge in [-0.3, -0.25) is 0 Å². The molecule has 0 unspecified atom stereocenters. The van der Waals surface area contributed by atoms with Crippen molar-refractivity contribution < 1.29 is 25.8 Å². The second kappa shape index (κ2) is 21.1. The van der Waals surface area contributed by atoms with Crippen LogP contribution in [-0.2, 0) is 48.1 Å². The molecular formula is C80H77N4OPt-3. The normalized spacial score (nSPS) is 13.0. The van der Waals surface area contributed by atoms with E-state index in [9.17, 15) is 0 Å². The minimum absolute atomic E-state index is 0. The van der Waals surface area contributed by atoms with Gasteiger partial charge < -0.3 is 18.8 Å². The molecule has 0 spiro atoms. The summed E-state index contributed by atoms with van der Waals surface area (Å²) in [7, 11) is 0. The van der Waals surface area contributed by atoms with Crippen molar-refractivity contribution in [3.05, 3.63) is 235 Å². The van der Waals surface area contributed by atoms with E-state index in [1.165, 1.54) is 77.0 Å². The molecule has 12 aromatic rings. The van der Waals surface area contributed by atoms with Crippen molar-refractivity contribution in [3.8, 4) is 39.6 Å². The Balaban J connectivity index is 0.00000724. The van der Waals surface area contributed by atoms with Crippen LogP contribution in [0.1, 0.15) is 132 Å². The number of anilines is 2. The monoisotopic (exact) mass is 1300 g/mol. The molecule has 5 nitrogen and oxygen atoms in total. The molecule has 6 heteroatoms. The molecule has 86 heavy (non-hydrogen) atoms. The standard InChI is InChI=1S/C80H77N4O.Pt/c1-76(2,3)53-36-37-81-73(46-53)84-70-32-21-20-30-65(70)66-35-34-60(48-72(66)84)85-59-25-22-24-58(47-59)82-49-83-74-68(52-38-50(39-54(42-52)77(4,5)6)51-40-55(78(7,8)9)43-56(41-51)79(10,11)12)44-57(80(13,14)15)45-69(74)64-29-19-17-27-62(64)61-26-16-18-28-63(61)67-31-23-33-71(82)75(67)83;/h16-46,49H,1-15H3;/q-3;. The molecule has 3 aromatic heterocycles. The van der Waals surface area contributed by atoms with Crippen LogP contribution in [0, 0.1) is 18.8 Å². The Bertz CT molecular complexity index is 4720. The zero-order valence-corrected chi connectivity index (χ0v) is 54.8. The van der Waals surface area contributed by atoms with Crippen LogP contribution in [0.2, 0.25) is 0 Å². The van der Waals surface area contributed by atoms with E-state index < -0.39 is 0 Å². The third-order valence-electron chi connectivity index (χ3n) is 17.4. The fraction of sp³-hybridized carbons (Fsp3) is 0.250.